The summed E-state index contributed by atoms with van der Waals surface area (Å²) in [5.41, 5.74) is 5.59. The Morgan fingerprint density at radius 3 is 1.40 bits per heavy atom. The summed E-state index contributed by atoms with van der Waals surface area (Å²) in [6, 6.07) is 0. The first-order chi connectivity index (χ1) is 27.6. The van der Waals surface area contributed by atoms with Crippen molar-refractivity contribution < 1.29 is 52.8 Å². The van der Waals surface area contributed by atoms with Gasteiger partial charge in [0.25, 0.3) is 0 Å². The molecular formula is C44H80N2O11. The van der Waals surface area contributed by atoms with Crippen molar-refractivity contribution in [2.75, 3.05) is 59.4 Å². The first-order valence-corrected chi connectivity index (χ1v) is 22.3. The number of hydrogen-bond donors (Lipinski definition) is 3. The minimum Gasteiger partial charge on any atom is -0.481 e. The number of hydrogen-bond acceptors (Lipinski definition) is 10. The second-order valence-electron chi connectivity index (χ2n) is 15.1. The Labute approximate surface area is 344 Å². The van der Waals surface area contributed by atoms with E-state index in [9.17, 15) is 28.8 Å². The van der Waals surface area contributed by atoms with Crippen LogP contribution in [0.15, 0.2) is 0 Å². The van der Waals surface area contributed by atoms with Gasteiger partial charge in [0, 0.05) is 77.0 Å². The highest BCUT2D eigenvalue weighted by Gasteiger charge is 2.19. The van der Waals surface area contributed by atoms with Crippen LogP contribution in [0.5, 0.6) is 0 Å². The van der Waals surface area contributed by atoms with Crippen molar-refractivity contribution in [2.45, 2.75) is 180 Å². The predicted octanol–water partition coefficient (Wildman–Crippen LogP) is 7.62. The van der Waals surface area contributed by atoms with Crippen molar-refractivity contribution >= 4 is 35.1 Å². The Kier molecular flexibility index (Phi) is 39.4. The van der Waals surface area contributed by atoms with E-state index in [1.54, 1.807) is 0 Å². The van der Waals surface area contributed by atoms with E-state index in [-0.39, 0.29) is 49.1 Å². The minimum absolute atomic E-state index is 0.0970. The zero-order valence-corrected chi connectivity index (χ0v) is 35.6. The molecule has 0 spiro atoms. The highest BCUT2D eigenvalue weighted by molar-refractivity contribution is 5.86. The molecule has 0 aliphatic rings. The third-order valence-corrected chi connectivity index (χ3v) is 9.90. The quantitative estimate of drug-likeness (QED) is 0.0512. The van der Waals surface area contributed by atoms with Crippen LogP contribution in [0, 0.1) is 5.92 Å². The number of rotatable bonds is 46. The second kappa shape index (κ2) is 41.4. The number of amides is 2. The number of nitrogens with two attached hydrogens (primary N) is 1. The Hall–Kier alpha value is -2.74. The predicted molar refractivity (Wildman–Crippen MR) is 222 cm³/mol. The molecular weight excluding hydrogens is 732 g/mol. The minimum atomic E-state index is -0.699. The number of carboxylic acid groups (broad SMARTS) is 1. The van der Waals surface area contributed by atoms with Gasteiger partial charge in [0.05, 0.1) is 39.6 Å². The lowest BCUT2D eigenvalue weighted by atomic mass is 9.93. The van der Waals surface area contributed by atoms with E-state index in [0.29, 0.717) is 111 Å². The van der Waals surface area contributed by atoms with Gasteiger partial charge in [-0.15, -0.1) is 0 Å². The first kappa shape index (κ1) is 54.3. The second-order valence-corrected chi connectivity index (χ2v) is 15.1. The molecule has 1 atom stereocenters. The number of unbranched alkanes of at least 4 members (excludes halogenated alkanes) is 14. The molecule has 0 heterocycles. The fourth-order valence-corrected chi connectivity index (χ4v) is 6.31. The summed E-state index contributed by atoms with van der Waals surface area (Å²) in [5.74, 6) is -1.24. The summed E-state index contributed by atoms with van der Waals surface area (Å²) in [7, 11) is 0. The summed E-state index contributed by atoms with van der Waals surface area (Å²) in [6.45, 7) is 5.62. The standard InChI is InChI=1S/C44H80N2O11/c1-2-39(47)23-19-29-54-33-35-56-31-26-40(48)24-20-30-55-34-36-57-32-27-42(50)46-28-18-17-21-38(44(45)53)37-41(49)22-15-13-11-9-7-5-3-4-6-8-10-12-14-16-25-43(51)52/h38H,2-37H2,1H3,(H2,45,53)(H,46,50)(H,51,52). The fraction of sp³-hybridized carbons (Fsp3) is 0.864. The van der Waals surface area contributed by atoms with Gasteiger partial charge in [-0.05, 0) is 38.5 Å². The molecule has 4 N–H and O–H groups in total. The lowest BCUT2D eigenvalue weighted by Gasteiger charge is -2.13. The van der Waals surface area contributed by atoms with E-state index in [1.807, 2.05) is 6.92 Å². The van der Waals surface area contributed by atoms with Crippen LogP contribution in [0.1, 0.15) is 180 Å². The van der Waals surface area contributed by atoms with Gasteiger partial charge in [0.15, 0.2) is 0 Å². The van der Waals surface area contributed by atoms with Gasteiger partial charge in [0.1, 0.15) is 17.3 Å². The zero-order valence-electron chi connectivity index (χ0n) is 35.6. The molecule has 0 aromatic rings. The molecule has 0 bridgehead atoms. The molecule has 0 aromatic carbocycles. The molecule has 0 saturated carbocycles. The normalized spacial score (nSPS) is 11.7. The Balaban J connectivity index is 3.59. The fourth-order valence-electron chi connectivity index (χ4n) is 6.31. The van der Waals surface area contributed by atoms with E-state index in [0.717, 1.165) is 44.9 Å². The number of nitrogens with one attached hydrogen (secondary N) is 1. The van der Waals surface area contributed by atoms with Crippen LogP contribution in [0.3, 0.4) is 0 Å². The molecule has 13 heteroatoms. The number of Topliss-reactive ketones (excluding diaryl/α,β-unsaturated/α-hetero) is 3. The molecule has 1 unspecified atom stereocenters. The van der Waals surface area contributed by atoms with Crippen LogP contribution in [-0.4, -0.2) is 99.6 Å². The maximum absolute atomic E-state index is 12.5. The van der Waals surface area contributed by atoms with E-state index in [4.69, 9.17) is 29.8 Å². The maximum atomic E-state index is 12.5. The van der Waals surface area contributed by atoms with Crippen molar-refractivity contribution in [3.63, 3.8) is 0 Å². The number of primary amides is 1. The van der Waals surface area contributed by atoms with Crippen LogP contribution < -0.4 is 11.1 Å². The summed E-state index contributed by atoms with van der Waals surface area (Å²) in [4.78, 5) is 70.3. The van der Waals surface area contributed by atoms with Crippen LogP contribution in [0.2, 0.25) is 0 Å². The monoisotopic (exact) mass is 813 g/mol. The molecule has 332 valence electrons. The van der Waals surface area contributed by atoms with Gasteiger partial charge in [-0.2, -0.15) is 0 Å². The number of ether oxygens (including phenoxy) is 4. The summed E-state index contributed by atoms with van der Waals surface area (Å²) < 4.78 is 21.8. The molecule has 0 saturated heterocycles. The topological polar surface area (TPSA) is 198 Å². The number of carboxylic acids is 1. The highest BCUT2D eigenvalue weighted by atomic mass is 16.5. The van der Waals surface area contributed by atoms with Crippen molar-refractivity contribution in [3.05, 3.63) is 0 Å². The number of aliphatic carboxylic acids is 1. The molecule has 13 nitrogen and oxygen atoms in total. The summed E-state index contributed by atoms with van der Waals surface area (Å²) in [6.07, 6.45) is 22.3. The average molecular weight is 813 g/mol. The highest BCUT2D eigenvalue weighted by Crippen LogP contribution is 2.17. The molecule has 0 aromatic heterocycles. The SMILES string of the molecule is CCC(=O)CCCOCCOCCC(=O)CCCOCCOCCC(=O)NCCCCC(CC(=O)CCCCCCCCCCCCCCCCC(=O)O)C(N)=O. The summed E-state index contributed by atoms with van der Waals surface area (Å²) in [5, 5.41) is 11.5. The van der Waals surface area contributed by atoms with Gasteiger partial charge in [-0.1, -0.05) is 90.4 Å². The third-order valence-electron chi connectivity index (χ3n) is 9.90. The molecule has 57 heavy (non-hydrogen) atoms. The number of carbonyl (C=O) groups is 6. The van der Waals surface area contributed by atoms with E-state index >= 15 is 0 Å². The van der Waals surface area contributed by atoms with Crippen molar-refractivity contribution in [1.82, 2.24) is 5.32 Å². The van der Waals surface area contributed by atoms with E-state index in [1.165, 1.54) is 51.4 Å². The maximum Gasteiger partial charge on any atom is 0.303 e. The molecule has 0 rings (SSSR count). The zero-order chi connectivity index (χ0) is 42.0. The van der Waals surface area contributed by atoms with Crippen LogP contribution >= 0.6 is 0 Å². The third kappa shape index (κ3) is 41.2. The van der Waals surface area contributed by atoms with Gasteiger partial charge < -0.3 is 35.1 Å². The first-order valence-electron chi connectivity index (χ1n) is 22.3. The van der Waals surface area contributed by atoms with Crippen LogP contribution in [-0.2, 0) is 47.7 Å². The van der Waals surface area contributed by atoms with E-state index in [2.05, 4.69) is 5.32 Å². The van der Waals surface area contributed by atoms with Gasteiger partial charge in [0.2, 0.25) is 11.8 Å². The molecule has 0 fully saturated rings. The van der Waals surface area contributed by atoms with Crippen LogP contribution in [0.25, 0.3) is 0 Å². The van der Waals surface area contributed by atoms with Gasteiger partial charge in [-0.25, -0.2) is 0 Å². The Bertz CT molecular complexity index is 1040. The lowest BCUT2D eigenvalue weighted by Crippen LogP contribution is -2.27. The van der Waals surface area contributed by atoms with Crippen molar-refractivity contribution in [2.24, 2.45) is 11.7 Å². The van der Waals surface area contributed by atoms with E-state index < -0.39 is 17.8 Å². The smallest absolute Gasteiger partial charge is 0.303 e. The van der Waals surface area contributed by atoms with Gasteiger partial charge in [-0.3, -0.25) is 28.8 Å². The largest absolute Gasteiger partial charge is 0.481 e. The molecule has 0 radical (unpaired) electrons. The van der Waals surface area contributed by atoms with Crippen LogP contribution in [0.4, 0.5) is 0 Å². The molecule has 0 aliphatic carbocycles. The number of ketones is 3. The number of carbonyl (C=O) groups excluding carboxylic acids is 5. The Morgan fingerprint density at radius 2 is 0.912 bits per heavy atom. The molecule has 2 amide bonds. The van der Waals surface area contributed by atoms with Crippen molar-refractivity contribution in [3.8, 4) is 0 Å². The van der Waals surface area contributed by atoms with Gasteiger partial charge >= 0.3 is 5.97 Å². The van der Waals surface area contributed by atoms with Crippen molar-refractivity contribution in [1.29, 1.82) is 0 Å². The Morgan fingerprint density at radius 1 is 0.474 bits per heavy atom. The average Bonchev–Trinajstić information content (AvgIpc) is 3.18. The lowest BCUT2D eigenvalue weighted by molar-refractivity contribution is -0.137. The summed E-state index contributed by atoms with van der Waals surface area (Å²) >= 11 is 0. The molecule has 0 aliphatic heterocycles.